The normalized spacial score (nSPS) is 23.7. The third kappa shape index (κ3) is 4.97. The van der Waals surface area contributed by atoms with Gasteiger partial charge in [0.05, 0.1) is 0 Å². The summed E-state index contributed by atoms with van der Waals surface area (Å²) in [5, 5.41) is 22.3. The van der Waals surface area contributed by atoms with Crippen LogP contribution in [0.4, 0.5) is 10.9 Å². The molecule has 42 heavy (non-hydrogen) atoms. The number of nitrogens with two attached hydrogens (primary N) is 1. The number of carbonyl (C=O) groups excluding carboxylic acids is 3. The second-order valence-electron chi connectivity index (χ2n) is 10.3. The predicted molar refractivity (Wildman–Crippen MR) is 146 cm³/mol. The Bertz CT molecular complexity index is 1550. The summed E-state index contributed by atoms with van der Waals surface area (Å²) in [6, 6.07) is -0.244. The summed E-state index contributed by atoms with van der Waals surface area (Å²) in [4.78, 5) is 63.9. The number of carboxylic acids is 1. The lowest BCUT2D eigenvalue weighted by Gasteiger charge is -2.49. The van der Waals surface area contributed by atoms with Gasteiger partial charge in [0.2, 0.25) is 0 Å². The van der Waals surface area contributed by atoms with Crippen molar-refractivity contribution in [3.05, 3.63) is 46.0 Å². The molecule has 16 heteroatoms. The molecule has 6 rings (SSSR count). The minimum Gasteiger partial charge on any atom is -0.489 e. The first-order valence-electron chi connectivity index (χ1n) is 13.4. The number of carbonyl (C=O) groups is 4. The first-order chi connectivity index (χ1) is 20.2. The minimum atomic E-state index is -1.41. The van der Waals surface area contributed by atoms with E-state index >= 15 is 0 Å². The van der Waals surface area contributed by atoms with Crippen molar-refractivity contribution in [1.29, 1.82) is 0 Å². The average molecular weight is 598 g/mol. The number of nitrogens with zero attached hydrogens (tertiary/aromatic N) is 5. The molecule has 2 aromatic heterocycles. The highest BCUT2D eigenvalue weighted by Gasteiger charge is 2.55. The molecule has 4 aliphatic rings. The van der Waals surface area contributed by atoms with Gasteiger partial charge < -0.3 is 30.3 Å². The van der Waals surface area contributed by atoms with E-state index in [-0.39, 0.29) is 40.9 Å². The standard InChI is InChI=1S/C26H27N7O8S/c1-12-8-18(30-40-12)32-7-6-13(23(32)35)9-17-21(25(37)38)33-16(10-39-17)20(24(33)36)29-22(34)19(15-11-42-26(27)28-15)31-41-14-4-2-3-5-14/h8-9,11,14,16,20H,2-7,10H2,1H3,(H2,27,28)(H,29,34)(H,37,38)/b13-9+,31-19-/t16-,20+/m1/s1. The van der Waals surface area contributed by atoms with Gasteiger partial charge in [0.1, 0.15) is 36.2 Å². The van der Waals surface area contributed by atoms with Crippen molar-refractivity contribution < 1.29 is 38.4 Å². The molecule has 3 aliphatic heterocycles. The lowest BCUT2D eigenvalue weighted by molar-refractivity contribution is -0.159. The molecule has 3 fully saturated rings. The van der Waals surface area contributed by atoms with Crippen molar-refractivity contribution >= 4 is 51.7 Å². The van der Waals surface area contributed by atoms with Crippen LogP contribution in [-0.4, -0.2) is 80.9 Å². The van der Waals surface area contributed by atoms with E-state index in [1.807, 2.05) is 0 Å². The number of aryl methyl sites for hydroxylation is 1. The molecule has 0 aromatic carbocycles. The smallest absolute Gasteiger partial charge is 0.356 e. The Hall–Kier alpha value is -4.73. The lowest BCUT2D eigenvalue weighted by Crippen LogP contribution is -2.73. The zero-order valence-electron chi connectivity index (χ0n) is 22.4. The molecule has 0 bridgehead atoms. The number of allylic oxidation sites excluding steroid dienone is 1. The van der Waals surface area contributed by atoms with E-state index in [2.05, 4.69) is 20.6 Å². The molecule has 220 valence electrons. The number of rotatable bonds is 8. The molecule has 4 N–H and O–H groups in total. The quantitative estimate of drug-likeness (QED) is 0.170. The first-order valence-corrected chi connectivity index (χ1v) is 14.2. The molecule has 1 aliphatic carbocycles. The highest BCUT2D eigenvalue weighted by molar-refractivity contribution is 7.13. The van der Waals surface area contributed by atoms with Gasteiger partial charge in [0.25, 0.3) is 17.7 Å². The van der Waals surface area contributed by atoms with Crippen LogP contribution in [0, 0.1) is 6.92 Å². The number of β-lactam (4-membered cyclic amide) rings is 1. The predicted octanol–water partition coefficient (Wildman–Crippen LogP) is 1.07. The largest absolute Gasteiger partial charge is 0.489 e. The van der Waals surface area contributed by atoms with Gasteiger partial charge in [-0.3, -0.25) is 24.2 Å². The fourth-order valence-electron chi connectivity index (χ4n) is 5.37. The zero-order chi connectivity index (χ0) is 29.5. The number of nitrogens with one attached hydrogen (secondary N) is 1. The van der Waals surface area contributed by atoms with Crippen LogP contribution in [0.3, 0.4) is 0 Å². The minimum absolute atomic E-state index is 0.109. The monoisotopic (exact) mass is 597 g/mol. The fraction of sp³-hybridized carbons (Fsp3) is 0.423. The molecular formula is C26H27N7O8S. The molecule has 2 atom stereocenters. The van der Waals surface area contributed by atoms with Gasteiger partial charge in [-0.2, -0.15) is 0 Å². The lowest BCUT2D eigenvalue weighted by atomic mass is 9.92. The van der Waals surface area contributed by atoms with Gasteiger partial charge in [-0.15, -0.1) is 11.3 Å². The van der Waals surface area contributed by atoms with Crippen LogP contribution in [0.5, 0.6) is 0 Å². The van der Waals surface area contributed by atoms with E-state index in [0.717, 1.165) is 41.9 Å². The van der Waals surface area contributed by atoms with Crippen LogP contribution in [0.15, 0.2) is 44.2 Å². The van der Waals surface area contributed by atoms with Crippen LogP contribution in [0.2, 0.25) is 0 Å². The third-order valence-corrected chi connectivity index (χ3v) is 8.16. The van der Waals surface area contributed by atoms with E-state index in [0.29, 0.717) is 30.1 Å². The van der Waals surface area contributed by atoms with Gasteiger partial charge in [-0.05, 0) is 45.1 Å². The topological polar surface area (TPSA) is 203 Å². The van der Waals surface area contributed by atoms with Crippen molar-refractivity contribution in [3.8, 4) is 0 Å². The second kappa shape index (κ2) is 10.9. The third-order valence-electron chi connectivity index (χ3n) is 7.49. The van der Waals surface area contributed by atoms with Crippen molar-refractivity contribution in [2.45, 2.75) is 57.2 Å². The fourth-order valence-corrected chi connectivity index (χ4v) is 5.91. The number of fused-ring (bicyclic) bond motifs is 1. The summed E-state index contributed by atoms with van der Waals surface area (Å²) in [6.07, 6.45) is 5.18. The maximum atomic E-state index is 13.3. The molecule has 5 heterocycles. The Morgan fingerprint density at radius 1 is 1.31 bits per heavy atom. The number of aliphatic carboxylic acids is 1. The van der Waals surface area contributed by atoms with E-state index < -0.39 is 35.6 Å². The molecular weight excluding hydrogens is 570 g/mol. The maximum Gasteiger partial charge on any atom is 0.356 e. The van der Waals surface area contributed by atoms with Crippen LogP contribution in [-0.2, 0) is 28.8 Å². The highest BCUT2D eigenvalue weighted by Crippen LogP contribution is 2.35. The summed E-state index contributed by atoms with van der Waals surface area (Å²) >= 11 is 1.13. The number of thiazole rings is 1. The Morgan fingerprint density at radius 2 is 2.10 bits per heavy atom. The summed E-state index contributed by atoms with van der Waals surface area (Å²) in [5.74, 6) is -2.37. The Morgan fingerprint density at radius 3 is 2.76 bits per heavy atom. The van der Waals surface area contributed by atoms with Crippen LogP contribution in [0.25, 0.3) is 0 Å². The summed E-state index contributed by atoms with van der Waals surface area (Å²) in [7, 11) is 0. The Kier molecular flexibility index (Phi) is 7.14. The van der Waals surface area contributed by atoms with E-state index in [1.165, 1.54) is 11.0 Å². The number of amides is 3. The van der Waals surface area contributed by atoms with Crippen LogP contribution < -0.4 is 16.0 Å². The summed E-state index contributed by atoms with van der Waals surface area (Å²) in [6.45, 7) is 1.92. The average Bonchev–Trinajstić information content (AvgIpc) is 3.78. The van der Waals surface area contributed by atoms with E-state index in [4.69, 9.17) is 19.8 Å². The number of anilines is 2. The van der Waals surface area contributed by atoms with Crippen molar-refractivity contribution in [2.75, 3.05) is 23.8 Å². The van der Waals surface area contributed by atoms with E-state index in [9.17, 15) is 24.3 Å². The number of hydrogen-bond acceptors (Lipinski definition) is 12. The number of carboxylic acid groups (broad SMARTS) is 1. The first kappa shape index (κ1) is 27.4. The van der Waals surface area contributed by atoms with Crippen molar-refractivity contribution in [2.24, 2.45) is 5.16 Å². The van der Waals surface area contributed by atoms with Crippen LogP contribution >= 0.6 is 11.3 Å². The highest BCUT2D eigenvalue weighted by atomic mass is 32.1. The van der Waals surface area contributed by atoms with Gasteiger partial charge in [-0.25, -0.2) is 9.78 Å². The van der Waals surface area contributed by atoms with Gasteiger partial charge in [-0.1, -0.05) is 10.3 Å². The van der Waals surface area contributed by atoms with Crippen LogP contribution in [0.1, 0.15) is 43.6 Å². The van der Waals surface area contributed by atoms with Gasteiger partial charge >= 0.3 is 5.97 Å². The van der Waals surface area contributed by atoms with Crippen molar-refractivity contribution in [3.63, 3.8) is 0 Å². The molecule has 0 radical (unpaired) electrons. The summed E-state index contributed by atoms with van der Waals surface area (Å²) in [5.41, 5.74) is 5.70. The molecule has 0 unspecified atom stereocenters. The number of aromatic nitrogens is 2. The SMILES string of the molecule is Cc1cc(N2CC/C(=C\C3=C(C(=O)O)N4C(=O)[C@@H](NC(=O)/C(=N\OC5CCCC5)c5csc(N)n5)[C@H]4CO3)C2=O)no1. The molecule has 2 saturated heterocycles. The molecule has 2 aromatic rings. The maximum absolute atomic E-state index is 13.3. The van der Waals surface area contributed by atoms with E-state index in [1.54, 1.807) is 18.4 Å². The van der Waals surface area contributed by atoms with Gasteiger partial charge in [0.15, 0.2) is 28.1 Å². The molecule has 3 amide bonds. The number of nitrogen functional groups attached to an aromatic ring is 1. The zero-order valence-corrected chi connectivity index (χ0v) is 23.3. The van der Waals surface area contributed by atoms with Crippen molar-refractivity contribution in [1.82, 2.24) is 20.4 Å². The number of hydrogen-bond donors (Lipinski definition) is 3. The van der Waals surface area contributed by atoms with Gasteiger partial charge in [0, 0.05) is 23.6 Å². The number of oxime groups is 1. The Balaban J connectivity index is 1.20. The molecule has 1 saturated carbocycles. The molecule has 15 nitrogen and oxygen atoms in total. The second-order valence-corrected chi connectivity index (χ2v) is 11.1. The number of ether oxygens (including phenoxy) is 1. The Labute approximate surface area is 242 Å². The molecule has 0 spiro atoms. The summed E-state index contributed by atoms with van der Waals surface area (Å²) < 4.78 is 10.8.